The molecule has 0 fully saturated rings. The highest BCUT2D eigenvalue weighted by Crippen LogP contribution is 2.08. The van der Waals surface area contributed by atoms with E-state index in [4.69, 9.17) is 4.74 Å². The molecular weight excluding hydrogens is 242 g/mol. The largest absolute Gasteiger partial charge is 0.459 e. The molecule has 0 saturated heterocycles. The summed E-state index contributed by atoms with van der Waals surface area (Å²) in [6.07, 6.45) is 2.60. The molecule has 0 aliphatic carbocycles. The molecule has 0 rings (SSSR count). The second-order valence-corrected chi connectivity index (χ2v) is 6.07. The number of nitrogens with one attached hydrogen (secondary N) is 1. The summed E-state index contributed by atoms with van der Waals surface area (Å²) in [6, 6.07) is 0. The maximum absolute atomic E-state index is 11.6. The van der Waals surface area contributed by atoms with Gasteiger partial charge in [-0.15, -0.1) is 0 Å². The Kier molecular flexibility index (Phi) is 5.57. The minimum atomic E-state index is -3.68. The van der Waals surface area contributed by atoms with Crippen LogP contribution in [0, 0.1) is 0 Å². The van der Waals surface area contributed by atoms with E-state index in [0.29, 0.717) is 0 Å². The van der Waals surface area contributed by atoms with Crippen molar-refractivity contribution < 1.29 is 17.9 Å². The first-order valence-corrected chi connectivity index (χ1v) is 6.61. The van der Waals surface area contributed by atoms with Crippen LogP contribution in [0.15, 0.2) is 23.6 Å². The summed E-state index contributed by atoms with van der Waals surface area (Å²) in [6.45, 7) is 9.68. The molecule has 0 aliphatic rings. The fourth-order valence-corrected chi connectivity index (χ4v) is 2.00. The quantitative estimate of drug-likeness (QED) is 0.598. The normalized spacial score (nSPS) is 13.3. The van der Waals surface area contributed by atoms with Gasteiger partial charge >= 0.3 is 5.97 Å². The Labute approximate surface area is 103 Å². The van der Waals surface area contributed by atoms with Crippen LogP contribution in [0.1, 0.15) is 27.7 Å². The van der Waals surface area contributed by atoms with Gasteiger partial charge in [-0.1, -0.05) is 12.7 Å². The first kappa shape index (κ1) is 15.9. The molecule has 0 aliphatic heterocycles. The van der Waals surface area contributed by atoms with Gasteiger partial charge in [0.1, 0.15) is 12.1 Å². The molecule has 0 atom stereocenters. The summed E-state index contributed by atoms with van der Waals surface area (Å²) in [5.41, 5.74) is -0.635. The predicted molar refractivity (Wildman–Crippen MR) is 66.7 cm³/mol. The van der Waals surface area contributed by atoms with E-state index in [1.54, 1.807) is 27.7 Å². The van der Waals surface area contributed by atoms with Crippen LogP contribution < -0.4 is 4.72 Å². The Hall–Kier alpha value is -1.14. The summed E-state index contributed by atoms with van der Waals surface area (Å²) in [4.78, 5) is 11.3. The van der Waals surface area contributed by atoms with Crippen LogP contribution >= 0.6 is 0 Å². The fourth-order valence-electron chi connectivity index (χ4n) is 0.998. The number of allylic oxidation sites excluding steroid dienone is 2. The Morgan fingerprint density at radius 1 is 1.41 bits per heavy atom. The number of carbonyl (C=O) groups excluding carboxylic acids is 1. The summed E-state index contributed by atoms with van der Waals surface area (Å²) >= 11 is 0. The number of ether oxygens (including phenoxy) is 1. The van der Waals surface area contributed by atoms with E-state index in [-0.39, 0.29) is 4.91 Å². The molecule has 0 radical (unpaired) electrons. The molecule has 0 aromatic heterocycles. The molecule has 0 saturated carbocycles. The maximum atomic E-state index is 11.6. The standard InChI is InChI=1S/C11H19NO4S/c1-6-9(7-2)17(14,15)12-8-10(13)16-11(3,4)5/h6-7,12H,1,8H2,2-5H3/b9-7+. The molecule has 0 heterocycles. The van der Waals surface area contributed by atoms with Gasteiger partial charge in [-0.2, -0.15) is 4.72 Å². The molecule has 5 nitrogen and oxygen atoms in total. The number of carbonyl (C=O) groups is 1. The zero-order chi connectivity index (χ0) is 13.7. The van der Waals surface area contributed by atoms with E-state index in [9.17, 15) is 13.2 Å². The van der Waals surface area contributed by atoms with E-state index >= 15 is 0 Å². The summed E-state index contributed by atoms with van der Waals surface area (Å²) in [7, 11) is -3.68. The van der Waals surface area contributed by atoms with Crippen molar-refractivity contribution >= 4 is 16.0 Å². The van der Waals surface area contributed by atoms with Gasteiger partial charge in [0.2, 0.25) is 10.0 Å². The first-order valence-electron chi connectivity index (χ1n) is 5.12. The number of rotatable bonds is 5. The number of hydrogen-bond acceptors (Lipinski definition) is 4. The molecule has 98 valence electrons. The van der Waals surface area contributed by atoms with E-state index in [1.165, 1.54) is 12.2 Å². The smallest absolute Gasteiger partial charge is 0.321 e. The van der Waals surface area contributed by atoms with Gasteiger partial charge in [-0.25, -0.2) is 8.42 Å². The lowest BCUT2D eigenvalue weighted by molar-refractivity contribution is -0.153. The first-order chi connectivity index (χ1) is 7.62. The predicted octanol–water partition coefficient (Wildman–Crippen LogP) is 1.34. The average Bonchev–Trinajstić information content (AvgIpc) is 2.14. The number of esters is 1. The fraction of sp³-hybridized carbons (Fsp3) is 0.545. The van der Waals surface area contributed by atoms with E-state index in [0.717, 1.165) is 0 Å². The van der Waals surface area contributed by atoms with Gasteiger partial charge in [0.15, 0.2) is 0 Å². The lowest BCUT2D eigenvalue weighted by Crippen LogP contribution is -2.34. The molecule has 0 bridgehead atoms. The average molecular weight is 261 g/mol. The summed E-state index contributed by atoms with van der Waals surface area (Å²) in [5, 5.41) is 0. The Morgan fingerprint density at radius 3 is 2.29 bits per heavy atom. The monoisotopic (exact) mass is 261 g/mol. The minimum absolute atomic E-state index is 0.0288. The molecular formula is C11H19NO4S. The summed E-state index contributed by atoms with van der Waals surface area (Å²) < 4.78 is 30.3. The molecule has 1 N–H and O–H groups in total. The lowest BCUT2D eigenvalue weighted by atomic mass is 10.2. The molecule has 0 amide bonds. The lowest BCUT2D eigenvalue weighted by Gasteiger charge is -2.19. The van der Waals surface area contributed by atoms with Crippen LogP contribution in [0.25, 0.3) is 0 Å². The number of hydrogen-bond donors (Lipinski definition) is 1. The number of sulfonamides is 1. The van der Waals surface area contributed by atoms with Crippen LogP contribution in [0.5, 0.6) is 0 Å². The van der Waals surface area contributed by atoms with Crippen LogP contribution in [-0.4, -0.2) is 26.5 Å². The molecule has 17 heavy (non-hydrogen) atoms. The van der Waals surface area contributed by atoms with Gasteiger partial charge in [0, 0.05) is 0 Å². The molecule has 0 spiro atoms. The van der Waals surface area contributed by atoms with Gasteiger partial charge < -0.3 is 4.74 Å². The van der Waals surface area contributed by atoms with Gasteiger partial charge in [0.05, 0.1) is 4.91 Å². The van der Waals surface area contributed by atoms with Crippen molar-refractivity contribution in [1.29, 1.82) is 0 Å². The second kappa shape index (κ2) is 5.97. The topological polar surface area (TPSA) is 72.5 Å². The highest BCUT2D eigenvalue weighted by Gasteiger charge is 2.19. The minimum Gasteiger partial charge on any atom is -0.459 e. The highest BCUT2D eigenvalue weighted by molar-refractivity contribution is 7.93. The van der Waals surface area contributed by atoms with Gasteiger partial charge in [-0.05, 0) is 33.8 Å². The van der Waals surface area contributed by atoms with Crippen LogP contribution in [0.2, 0.25) is 0 Å². The molecule has 0 aromatic rings. The van der Waals surface area contributed by atoms with Crippen molar-refractivity contribution in [2.24, 2.45) is 0 Å². The Balaban J connectivity index is 4.49. The van der Waals surface area contributed by atoms with E-state index < -0.39 is 28.1 Å². The third-order valence-electron chi connectivity index (χ3n) is 1.62. The molecule has 0 aromatic carbocycles. The molecule has 0 unspecified atom stereocenters. The Bertz CT molecular complexity index is 415. The van der Waals surface area contributed by atoms with E-state index in [1.807, 2.05) is 0 Å². The van der Waals surface area contributed by atoms with Crippen molar-refractivity contribution in [3.05, 3.63) is 23.6 Å². The van der Waals surface area contributed by atoms with Crippen molar-refractivity contribution in [1.82, 2.24) is 4.72 Å². The van der Waals surface area contributed by atoms with E-state index in [2.05, 4.69) is 11.3 Å². The Morgan fingerprint density at radius 2 is 1.94 bits per heavy atom. The van der Waals surface area contributed by atoms with Crippen LogP contribution in [0.3, 0.4) is 0 Å². The van der Waals surface area contributed by atoms with Crippen molar-refractivity contribution in [2.45, 2.75) is 33.3 Å². The third kappa shape index (κ3) is 6.23. The third-order valence-corrected chi connectivity index (χ3v) is 3.17. The van der Waals surface area contributed by atoms with Crippen molar-refractivity contribution in [2.75, 3.05) is 6.54 Å². The highest BCUT2D eigenvalue weighted by atomic mass is 32.2. The van der Waals surface area contributed by atoms with Gasteiger partial charge in [0.25, 0.3) is 0 Å². The second-order valence-electron chi connectivity index (χ2n) is 4.31. The SMILES string of the molecule is C=C/C(=C\C)S(=O)(=O)NCC(=O)OC(C)(C)C. The zero-order valence-corrected chi connectivity index (χ0v) is 11.4. The zero-order valence-electron chi connectivity index (χ0n) is 10.6. The summed E-state index contributed by atoms with van der Waals surface area (Å²) in [5.74, 6) is -0.624. The van der Waals surface area contributed by atoms with Crippen LogP contribution in [-0.2, 0) is 19.6 Å². The van der Waals surface area contributed by atoms with Gasteiger partial charge in [-0.3, -0.25) is 4.79 Å². The van der Waals surface area contributed by atoms with Crippen molar-refractivity contribution in [3.63, 3.8) is 0 Å². The maximum Gasteiger partial charge on any atom is 0.321 e. The molecule has 6 heteroatoms. The van der Waals surface area contributed by atoms with Crippen molar-refractivity contribution in [3.8, 4) is 0 Å². The van der Waals surface area contributed by atoms with Crippen LogP contribution in [0.4, 0.5) is 0 Å².